The van der Waals surface area contributed by atoms with Crippen molar-refractivity contribution in [3.8, 4) is 0 Å². The molecule has 0 saturated heterocycles. The van der Waals surface area contributed by atoms with E-state index in [9.17, 15) is 0 Å². The van der Waals surface area contributed by atoms with Gasteiger partial charge in [0.15, 0.2) is 0 Å². The summed E-state index contributed by atoms with van der Waals surface area (Å²) in [6.45, 7) is 0. The van der Waals surface area contributed by atoms with Crippen molar-refractivity contribution < 1.29 is 26.5 Å². The molecule has 0 atom stereocenters. The molecular weight excluding hydrogens is 116 g/mol. The maximum Gasteiger partial charge on any atom is 2.00 e. The van der Waals surface area contributed by atoms with Crippen LogP contribution < -0.4 is 15.6 Å². The summed E-state index contributed by atoms with van der Waals surface area (Å²) in [5, 5.41) is 0. The summed E-state index contributed by atoms with van der Waals surface area (Å²) in [7, 11) is 0. The van der Waals surface area contributed by atoms with Gasteiger partial charge in [-0.25, -0.2) is 0 Å². The molecule has 0 bridgehead atoms. The van der Waals surface area contributed by atoms with Crippen molar-refractivity contribution >= 4 is 0 Å². The maximum absolute atomic E-state index is 0. The van der Waals surface area contributed by atoms with Gasteiger partial charge >= 0.3 is 17.1 Å². The van der Waals surface area contributed by atoms with Crippen molar-refractivity contribution in [2.75, 3.05) is 0 Å². The van der Waals surface area contributed by atoms with Crippen LogP contribution in [0, 0.1) is 0 Å². The predicted octanol–water partition coefficient (Wildman–Crippen LogP) is -5.83. The first-order valence-corrected chi connectivity index (χ1v) is 0. The normalized spacial score (nSPS) is 0. The first-order valence-electron chi connectivity index (χ1n) is 0. The minimum Gasteiger partial charge on any atom is -1.00 e. The molecule has 0 rings (SSSR count). The van der Waals surface area contributed by atoms with Gasteiger partial charge in [-0.3, -0.25) is 0 Å². The Bertz CT molecular complexity index is 6.00. The summed E-state index contributed by atoms with van der Waals surface area (Å²) in [6, 6.07) is 0. The third-order valence-corrected chi connectivity index (χ3v) is 0. The van der Waals surface area contributed by atoms with Crippen LogP contribution in [0.2, 0.25) is 0 Å². The molecule has 0 aromatic rings. The molecule has 0 spiro atoms. The molecule has 4 heteroatoms. The molecule has 0 amide bonds. The van der Waals surface area contributed by atoms with Gasteiger partial charge in [0.1, 0.15) is 0 Å². The van der Waals surface area contributed by atoms with Gasteiger partial charge in [0.2, 0.25) is 0 Å². The molecule has 0 aliphatic heterocycles. The summed E-state index contributed by atoms with van der Waals surface area (Å²) in [6.07, 6.45) is 0. The smallest absolute Gasteiger partial charge is 1.00 e. The molecule has 33 valence electrons. The van der Waals surface area contributed by atoms with Crippen LogP contribution >= 0.6 is 0 Å². The fourth-order valence-electron chi connectivity index (χ4n) is 0. The first-order chi connectivity index (χ1) is 0. The largest absolute Gasteiger partial charge is 2.00 e. The SMILES string of the molecule is N.[Cu+2].[F-].[F-]. The van der Waals surface area contributed by atoms with E-state index >= 15 is 0 Å². The fourth-order valence-corrected chi connectivity index (χ4v) is 0. The van der Waals surface area contributed by atoms with Crippen molar-refractivity contribution in [3.05, 3.63) is 0 Å². The van der Waals surface area contributed by atoms with Crippen LogP contribution in [-0.4, -0.2) is 0 Å². The van der Waals surface area contributed by atoms with Crippen LogP contribution in [0.25, 0.3) is 0 Å². The number of hydrogen-bond acceptors (Lipinski definition) is 1. The fraction of sp³-hybridized carbons (Fsp3) is 0. The van der Waals surface area contributed by atoms with Gasteiger partial charge < -0.3 is 15.6 Å². The average Bonchev–Trinajstić information content (AvgIpc) is 0. The quantitative estimate of drug-likeness (QED) is 0.316. The molecule has 4 heavy (non-hydrogen) atoms. The van der Waals surface area contributed by atoms with E-state index in [1.165, 1.54) is 0 Å². The zero-order valence-corrected chi connectivity index (χ0v) is 2.71. The Morgan fingerprint density at radius 1 is 0.750 bits per heavy atom. The molecular formula is H3CuF2N. The Kier molecular flexibility index (Phi) is 16600. The molecule has 0 aromatic carbocycles. The van der Waals surface area contributed by atoms with E-state index in [-0.39, 0.29) is 32.6 Å². The van der Waals surface area contributed by atoms with E-state index < -0.39 is 0 Å². The second-order valence-electron chi connectivity index (χ2n) is 0. The third kappa shape index (κ3) is 36.4. The monoisotopic (exact) mass is 118 g/mol. The first kappa shape index (κ1) is 420. The Morgan fingerprint density at radius 3 is 0.750 bits per heavy atom. The van der Waals surface area contributed by atoms with Gasteiger partial charge in [-0.1, -0.05) is 0 Å². The van der Waals surface area contributed by atoms with Gasteiger partial charge in [-0.05, 0) is 0 Å². The van der Waals surface area contributed by atoms with Gasteiger partial charge in [-0.2, -0.15) is 0 Å². The Balaban J connectivity index is 0. The third-order valence-electron chi connectivity index (χ3n) is 0. The maximum atomic E-state index is 0. The molecule has 0 aromatic heterocycles. The van der Waals surface area contributed by atoms with Gasteiger partial charge in [0.25, 0.3) is 0 Å². The predicted molar refractivity (Wildman–Crippen MR) is 5.02 cm³/mol. The van der Waals surface area contributed by atoms with Gasteiger partial charge in [0, 0.05) is 0 Å². The second-order valence-corrected chi connectivity index (χ2v) is 0. The summed E-state index contributed by atoms with van der Waals surface area (Å²) in [5.41, 5.74) is 0. The number of hydrogen-bond donors (Lipinski definition) is 1. The van der Waals surface area contributed by atoms with Crippen LogP contribution in [0.15, 0.2) is 0 Å². The Morgan fingerprint density at radius 2 is 0.750 bits per heavy atom. The Labute approximate surface area is 33.6 Å². The van der Waals surface area contributed by atoms with Gasteiger partial charge in [-0.15, -0.1) is 0 Å². The van der Waals surface area contributed by atoms with E-state index in [1.807, 2.05) is 0 Å². The van der Waals surface area contributed by atoms with Crippen LogP contribution in [0.4, 0.5) is 0 Å². The van der Waals surface area contributed by atoms with Crippen LogP contribution in [0.5, 0.6) is 0 Å². The molecule has 0 saturated carbocycles. The summed E-state index contributed by atoms with van der Waals surface area (Å²) in [4.78, 5) is 0. The number of rotatable bonds is 0. The molecule has 3 N–H and O–H groups in total. The van der Waals surface area contributed by atoms with E-state index in [0.29, 0.717) is 0 Å². The van der Waals surface area contributed by atoms with Crippen molar-refractivity contribution in [2.45, 2.75) is 0 Å². The van der Waals surface area contributed by atoms with Crippen LogP contribution in [0.3, 0.4) is 0 Å². The van der Waals surface area contributed by atoms with E-state index in [1.54, 1.807) is 0 Å². The van der Waals surface area contributed by atoms with E-state index in [0.717, 1.165) is 0 Å². The van der Waals surface area contributed by atoms with Crippen molar-refractivity contribution in [1.82, 2.24) is 6.15 Å². The van der Waals surface area contributed by atoms with Crippen LogP contribution in [-0.2, 0) is 17.1 Å². The second kappa shape index (κ2) is 159. The van der Waals surface area contributed by atoms with Crippen molar-refractivity contribution in [1.29, 1.82) is 0 Å². The minimum absolute atomic E-state index is 0. The summed E-state index contributed by atoms with van der Waals surface area (Å²) >= 11 is 0. The molecule has 0 heterocycles. The Hall–Kier alpha value is 0.339. The zero-order valence-electron chi connectivity index (χ0n) is 1.76. The molecule has 0 unspecified atom stereocenters. The average molecular weight is 119 g/mol. The molecule has 0 aliphatic rings. The van der Waals surface area contributed by atoms with Crippen molar-refractivity contribution in [3.63, 3.8) is 0 Å². The molecule has 0 fully saturated rings. The topological polar surface area (TPSA) is 35.0 Å². The molecule has 1 nitrogen and oxygen atoms in total. The zero-order chi connectivity index (χ0) is 0. The van der Waals surface area contributed by atoms with Crippen LogP contribution in [0.1, 0.15) is 0 Å². The summed E-state index contributed by atoms with van der Waals surface area (Å²) < 4.78 is 0. The summed E-state index contributed by atoms with van der Waals surface area (Å²) in [5.74, 6) is 0. The molecule has 1 radical (unpaired) electrons. The van der Waals surface area contributed by atoms with Gasteiger partial charge in [0.05, 0.1) is 0 Å². The van der Waals surface area contributed by atoms with E-state index in [4.69, 9.17) is 0 Å². The molecule has 0 aliphatic carbocycles. The minimum atomic E-state index is 0. The van der Waals surface area contributed by atoms with E-state index in [2.05, 4.69) is 0 Å². The van der Waals surface area contributed by atoms with Crippen molar-refractivity contribution in [2.24, 2.45) is 0 Å². The number of halogens is 2. The standard InChI is InChI=1S/Cu.2FH.H3N/h;2*1H;1H3/q+2;;;/p-2.